The third-order valence-corrected chi connectivity index (χ3v) is 7.06. The average molecular weight is 519 g/mol. The molecule has 1 aliphatic heterocycles. The van der Waals surface area contributed by atoms with E-state index in [2.05, 4.69) is 43.3 Å². The number of ether oxygens (including phenoxy) is 1. The molecule has 1 fully saturated rings. The summed E-state index contributed by atoms with van der Waals surface area (Å²) in [5.41, 5.74) is 3.38. The molecule has 0 radical (unpaired) electrons. The molecule has 0 aliphatic carbocycles. The van der Waals surface area contributed by atoms with Gasteiger partial charge >= 0.3 is 0 Å². The van der Waals surface area contributed by atoms with E-state index in [-0.39, 0.29) is 11.2 Å². The molecular weight excluding hydrogens is 488 g/mol. The largest absolute Gasteiger partial charge is 0.383 e. The van der Waals surface area contributed by atoms with Crippen LogP contribution in [0.25, 0.3) is 10.9 Å². The van der Waals surface area contributed by atoms with Crippen molar-refractivity contribution in [1.29, 1.82) is 0 Å². The molecule has 0 saturated carbocycles. The maximum Gasteiger partial charge on any atom is 0.269 e. The van der Waals surface area contributed by atoms with Gasteiger partial charge in [0.15, 0.2) is 5.82 Å². The Bertz CT molecular complexity index is 1470. The summed E-state index contributed by atoms with van der Waals surface area (Å²) in [6, 6.07) is 14.2. The molecule has 2 aromatic carbocycles. The number of nitrogens with one attached hydrogen (secondary N) is 1. The summed E-state index contributed by atoms with van der Waals surface area (Å²) in [7, 11) is 1.62. The highest BCUT2D eigenvalue weighted by atomic mass is 16.6. The molecule has 12 nitrogen and oxygen atoms in total. The highest BCUT2D eigenvalue weighted by Gasteiger charge is 2.32. The SMILES string of the molecule is CCc1ccc2[nH]c(=O)c([C@H](c3nnnn3CCOC)N3CCN(c4ccc([N+](=O)[O-])cc4)CC3)cc2c1. The molecule has 0 unspecified atom stereocenters. The van der Waals surface area contributed by atoms with Gasteiger partial charge in [-0.25, -0.2) is 4.68 Å². The van der Waals surface area contributed by atoms with E-state index in [1.54, 1.807) is 23.9 Å². The smallest absolute Gasteiger partial charge is 0.269 e. The molecular formula is C26H30N8O4. The number of anilines is 1. The minimum absolute atomic E-state index is 0.0668. The van der Waals surface area contributed by atoms with Crippen LogP contribution in [0.1, 0.15) is 29.9 Å². The number of nitro benzene ring substituents is 1. The van der Waals surface area contributed by atoms with Crippen LogP contribution in [0.15, 0.2) is 53.3 Å². The summed E-state index contributed by atoms with van der Waals surface area (Å²) < 4.78 is 6.94. The molecule has 3 heterocycles. The van der Waals surface area contributed by atoms with Gasteiger partial charge in [-0.2, -0.15) is 0 Å². The molecule has 1 saturated heterocycles. The Morgan fingerprint density at radius 3 is 2.55 bits per heavy atom. The number of H-pyrrole nitrogens is 1. The fourth-order valence-corrected chi connectivity index (χ4v) is 4.96. The van der Waals surface area contributed by atoms with Gasteiger partial charge in [-0.15, -0.1) is 5.10 Å². The van der Waals surface area contributed by atoms with Crippen molar-refractivity contribution in [3.8, 4) is 0 Å². The van der Waals surface area contributed by atoms with Crippen LogP contribution in [0.2, 0.25) is 0 Å². The van der Waals surface area contributed by atoms with Crippen LogP contribution in [0.4, 0.5) is 11.4 Å². The lowest BCUT2D eigenvalue weighted by Gasteiger charge is -2.39. The van der Waals surface area contributed by atoms with E-state index in [0.717, 1.165) is 23.0 Å². The van der Waals surface area contributed by atoms with Crippen molar-refractivity contribution < 1.29 is 9.66 Å². The standard InChI is InChI=1S/C26H30N8O4/c1-3-18-4-9-23-19(16-18)17-22(26(35)27-23)24(25-28-29-30-33(25)14-15-38-2)32-12-10-31(11-13-32)20-5-7-21(8-6-20)34(36)37/h4-9,16-17,24H,3,10-15H2,1-2H3,(H,27,35)/t24-/m1/s1. The van der Waals surface area contributed by atoms with E-state index in [9.17, 15) is 14.9 Å². The third kappa shape index (κ3) is 5.13. The fourth-order valence-electron chi connectivity index (χ4n) is 4.96. The van der Waals surface area contributed by atoms with Crippen molar-refractivity contribution in [1.82, 2.24) is 30.1 Å². The Kier molecular flexibility index (Phi) is 7.43. The number of tetrazole rings is 1. The number of hydrogen-bond donors (Lipinski definition) is 1. The number of hydrogen-bond acceptors (Lipinski definition) is 9. The number of non-ortho nitro benzene ring substituents is 1. The number of nitro groups is 1. The molecule has 4 aromatic rings. The molecule has 1 atom stereocenters. The van der Waals surface area contributed by atoms with Gasteiger partial charge in [0.2, 0.25) is 0 Å². The summed E-state index contributed by atoms with van der Waals surface area (Å²) in [6.07, 6.45) is 0.897. The van der Waals surface area contributed by atoms with Gasteiger partial charge in [0, 0.05) is 62.2 Å². The van der Waals surface area contributed by atoms with Gasteiger partial charge < -0.3 is 14.6 Å². The van der Waals surface area contributed by atoms with Crippen molar-refractivity contribution >= 4 is 22.3 Å². The minimum Gasteiger partial charge on any atom is -0.383 e. The number of methoxy groups -OCH3 is 1. The first-order chi connectivity index (χ1) is 18.5. The van der Waals surface area contributed by atoms with Crippen LogP contribution in [0.3, 0.4) is 0 Å². The number of rotatable bonds is 9. The quantitative estimate of drug-likeness (QED) is 0.262. The number of aromatic nitrogens is 5. The van der Waals surface area contributed by atoms with Gasteiger partial charge in [0.05, 0.1) is 18.1 Å². The Balaban J connectivity index is 1.48. The van der Waals surface area contributed by atoms with E-state index in [4.69, 9.17) is 4.74 Å². The van der Waals surface area contributed by atoms with E-state index in [0.29, 0.717) is 50.7 Å². The van der Waals surface area contributed by atoms with E-state index in [1.165, 1.54) is 17.7 Å². The maximum absolute atomic E-state index is 13.4. The lowest BCUT2D eigenvalue weighted by Crippen LogP contribution is -2.49. The molecule has 38 heavy (non-hydrogen) atoms. The zero-order valence-electron chi connectivity index (χ0n) is 21.4. The topological polar surface area (TPSA) is 135 Å². The number of piperazine rings is 1. The fraction of sp³-hybridized carbons (Fsp3) is 0.385. The summed E-state index contributed by atoms with van der Waals surface area (Å²) in [5.74, 6) is 0.585. The van der Waals surface area contributed by atoms with E-state index < -0.39 is 11.0 Å². The molecule has 0 amide bonds. The summed E-state index contributed by atoms with van der Waals surface area (Å²) in [5, 5.41) is 24.4. The van der Waals surface area contributed by atoms with Gasteiger partial charge in [-0.05, 0) is 58.1 Å². The second-order valence-electron chi connectivity index (χ2n) is 9.28. The maximum atomic E-state index is 13.4. The Labute approximate surface area is 219 Å². The summed E-state index contributed by atoms with van der Waals surface area (Å²) >= 11 is 0. The molecule has 5 rings (SSSR count). The zero-order chi connectivity index (χ0) is 26.6. The monoisotopic (exact) mass is 518 g/mol. The predicted octanol–water partition coefficient (Wildman–Crippen LogP) is 2.54. The van der Waals surface area contributed by atoms with E-state index in [1.807, 2.05) is 18.2 Å². The first-order valence-corrected chi connectivity index (χ1v) is 12.6. The number of aryl methyl sites for hydroxylation is 1. The lowest BCUT2D eigenvalue weighted by molar-refractivity contribution is -0.384. The van der Waals surface area contributed by atoms with Crippen LogP contribution >= 0.6 is 0 Å². The van der Waals surface area contributed by atoms with Gasteiger partial charge in [-0.3, -0.25) is 19.8 Å². The van der Waals surface area contributed by atoms with Crippen molar-refractivity contribution in [3.05, 3.63) is 86.0 Å². The molecule has 198 valence electrons. The molecule has 0 spiro atoms. The third-order valence-electron chi connectivity index (χ3n) is 7.06. The number of nitrogens with zero attached hydrogens (tertiary/aromatic N) is 7. The van der Waals surface area contributed by atoms with E-state index >= 15 is 0 Å². The van der Waals surface area contributed by atoms with Crippen molar-refractivity contribution in [2.45, 2.75) is 25.9 Å². The predicted molar refractivity (Wildman–Crippen MR) is 142 cm³/mol. The second-order valence-corrected chi connectivity index (χ2v) is 9.28. The lowest BCUT2D eigenvalue weighted by atomic mass is 10.0. The summed E-state index contributed by atoms with van der Waals surface area (Å²) in [4.78, 5) is 31.5. The highest BCUT2D eigenvalue weighted by Crippen LogP contribution is 2.29. The number of aromatic amines is 1. The van der Waals surface area contributed by atoms with Gasteiger partial charge in [0.1, 0.15) is 6.04 Å². The molecule has 12 heteroatoms. The van der Waals surface area contributed by atoms with Crippen LogP contribution in [-0.4, -0.2) is 74.9 Å². The van der Waals surface area contributed by atoms with Crippen LogP contribution < -0.4 is 10.5 Å². The molecule has 2 aromatic heterocycles. The Morgan fingerprint density at radius 2 is 1.87 bits per heavy atom. The van der Waals surface area contributed by atoms with Crippen LogP contribution in [-0.2, 0) is 17.7 Å². The first-order valence-electron chi connectivity index (χ1n) is 12.6. The van der Waals surface area contributed by atoms with Crippen molar-refractivity contribution in [2.24, 2.45) is 0 Å². The van der Waals surface area contributed by atoms with Gasteiger partial charge in [-0.1, -0.05) is 13.0 Å². The second kappa shape index (κ2) is 11.1. The van der Waals surface area contributed by atoms with Crippen molar-refractivity contribution in [2.75, 3.05) is 44.8 Å². The molecule has 0 bridgehead atoms. The van der Waals surface area contributed by atoms with Crippen molar-refractivity contribution in [3.63, 3.8) is 0 Å². The first kappa shape index (κ1) is 25.5. The Hall–Kier alpha value is -4.16. The number of pyridine rings is 1. The zero-order valence-corrected chi connectivity index (χ0v) is 21.4. The minimum atomic E-state index is -0.459. The normalized spacial score (nSPS) is 15.2. The van der Waals surface area contributed by atoms with Crippen LogP contribution in [0, 0.1) is 10.1 Å². The van der Waals surface area contributed by atoms with Gasteiger partial charge in [0.25, 0.3) is 11.2 Å². The summed E-state index contributed by atoms with van der Waals surface area (Å²) in [6.45, 7) is 5.65. The number of fused-ring (bicyclic) bond motifs is 1. The Morgan fingerprint density at radius 1 is 1.11 bits per heavy atom. The number of benzene rings is 2. The molecule has 1 N–H and O–H groups in total. The average Bonchev–Trinajstić information content (AvgIpc) is 3.40. The highest BCUT2D eigenvalue weighted by molar-refractivity contribution is 5.80. The van der Waals surface area contributed by atoms with Crippen LogP contribution in [0.5, 0.6) is 0 Å². The molecule has 1 aliphatic rings.